The molecule has 0 saturated carbocycles. The number of nitrogens with zero attached hydrogens (tertiary/aromatic N) is 4. The number of fused-ring (bicyclic) bond motifs is 1. The topological polar surface area (TPSA) is 99.9 Å². The molecular formula is C16H17ClN6O2. The van der Waals surface area contributed by atoms with Gasteiger partial charge in [0.05, 0.1) is 25.1 Å². The van der Waals surface area contributed by atoms with E-state index in [0.29, 0.717) is 24.6 Å². The summed E-state index contributed by atoms with van der Waals surface area (Å²) in [5, 5.41) is 3.08. The van der Waals surface area contributed by atoms with Gasteiger partial charge >= 0.3 is 0 Å². The summed E-state index contributed by atoms with van der Waals surface area (Å²) in [7, 11) is 0. The number of furan rings is 1. The van der Waals surface area contributed by atoms with Gasteiger partial charge in [-0.2, -0.15) is 9.97 Å². The first-order valence-electron chi connectivity index (χ1n) is 8.12. The second kappa shape index (κ2) is 6.72. The normalized spacial score (nSPS) is 17.8. The summed E-state index contributed by atoms with van der Waals surface area (Å²) in [6, 6.07) is 3.64. The number of nitrogens with one attached hydrogen (secondary N) is 2. The first-order chi connectivity index (χ1) is 12.2. The van der Waals surface area contributed by atoms with Crippen molar-refractivity contribution in [1.29, 1.82) is 0 Å². The van der Waals surface area contributed by atoms with Crippen molar-refractivity contribution in [3.63, 3.8) is 0 Å². The van der Waals surface area contributed by atoms with E-state index in [1.54, 1.807) is 18.7 Å². The van der Waals surface area contributed by atoms with Crippen molar-refractivity contribution in [2.75, 3.05) is 18.0 Å². The van der Waals surface area contributed by atoms with Gasteiger partial charge in [0.15, 0.2) is 11.5 Å². The Bertz CT molecular complexity index is 878. The van der Waals surface area contributed by atoms with Gasteiger partial charge in [-0.25, -0.2) is 4.98 Å². The van der Waals surface area contributed by atoms with Crippen molar-refractivity contribution < 1.29 is 9.21 Å². The van der Waals surface area contributed by atoms with E-state index in [4.69, 9.17) is 16.0 Å². The lowest BCUT2D eigenvalue weighted by atomic mass is 9.97. The molecule has 130 valence electrons. The summed E-state index contributed by atoms with van der Waals surface area (Å²) < 4.78 is 5.25. The van der Waals surface area contributed by atoms with E-state index in [1.165, 1.54) is 0 Å². The molecule has 1 unspecified atom stereocenters. The zero-order valence-electron chi connectivity index (χ0n) is 13.4. The van der Waals surface area contributed by atoms with Crippen LogP contribution in [0.25, 0.3) is 11.2 Å². The summed E-state index contributed by atoms with van der Waals surface area (Å²) in [6.45, 7) is 1.78. The van der Waals surface area contributed by atoms with E-state index in [-0.39, 0.29) is 17.1 Å². The molecule has 25 heavy (non-hydrogen) atoms. The van der Waals surface area contributed by atoms with Crippen molar-refractivity contribution >= 4 is 34.5 Å². The van der Waals surface area contributed by atoms with Gasteiger partial charge in [-0.15, -0.1) is 0 Å². The van der Waals surface area contributed by atoms with Crippen LogP contribution in [-0.4, -0.2) is 38.9 Å². The lowest BCUT2D eigenvalue weighted by Crippen LogP contribution is -2.43. The van der Waals surface area contributed by atoms with E-state index in [0.717, 1.165) is 30.7 Å². The predicted molar refractivity (Wildman–Crippen MR) is 92.2 cm³/mol. The van der Waals surface area contributed by atoms with Crippen LogP contribution in [0.2, 0.25) is 5.28 Å². The Morgan fingerprint density at radius 1 is 1.48 bits per heavy atom. The third kappa shape index (κ3) is 3.30. The van der Waals surface area contributed by atoms with Gasteiger partial charge in [-0.05, 0) is 36.6 Å². The Morgan fingerprint density at radius 3 is 3.24 bits per heavy atom. The highest BCUT2D eigenvalue weighted by Crippen LogP contribution is 2.27. The molecule has 8 nitrogen and oxygen atoms in total. The number of amides is 1. The summed E-state index contributed by atoms with van der Waals surface area (Å²) in [4.78, 5) is 30.2. The van der Waals surface area contributed by atoms with E-state index >= 15 is 0 Å². The second-order valence-electron chi connectivity index (χ2n) is 6.00. The van der Waals surface area contributed by atoms with Gasteiger partial charge in [0.25, 0.3) is 0 Å². The van der Waals surface area contributed by atoms with Crippen molar-refractivity contribution in [3.8, 4) is 0 Å². The van der Waals surface area contributed by atoms with Crippen LogP contribution in [0.3, 0.4) is 0 Å². The van der Waals surface area contributed by atoms with Gasteiger partial charge in [0, 0.05) is 13.1 Å². The zero-order valence-corrected chi connectivity index (χ0v) is 14.2. The number of carbonyl (C=O) groups excluding carboxylic acids is 1. The first-order valence-corrected chi connectivity index (χ1v) is 8.50. The van der Waals surface area contributed by atoms with E-state index in [1.807, 2.05) is 6.07 Å². The molecule has 1 fully saturated rings. The number of carbonyl (C=O) groups is 1. The summed E-state index contributed by atoms with van der Waals surface area (Å²) in [6.07, 6.45) is 4.90. The second-order valence-corrected chi connectivity index (χ2v) is 6.34. The lowest BCUT2D eigenvalue weighted by molar-refractivity contribution is -0.125. The standard InChI is InChI=1S/C16H17ClN6O2/c17-16-21-13-12(19-9-20-13)14(22-16)23-5-1-3-10(8-23)15(24)18-7-11-4-2-6-25-11/h2,4,6,9-10H,1,3,5,7-8H2,(H,18,24)(H,19,20,21,22). The third-order valence-corrected chi connectivity index (χ3v) is 4.52. The van der Waals surface area contributed by atoms with Crippen LogP contribution in [0.15, 0.2) is 29.1 Å². The Morgan fingerprint density at radius 2 is 2.40 bits per heavy atom. The fraction of sp³-hybridized carbons (Fsp3) is 0.375. The average molecular weight is 361 g/mol. The molecular weight excluding hydrogens is 344 g/mol. The Balaban J connectivity index is 1.48. The molecule has 1 saturated heterocycles. The fourth-order valence-electron chi connectivity index (χ4n) is 3.14. The molecule has 0 bridgehead atoms. The molecule has 1 atom stereocenters. The van der Waals surface area contributed by atoms with Gasteiger partial charge in [0.1, 0.15) is 11.3 Å². The van der Waals surface area contributed by atoms with E-state index < -0.39 is 0 Å². The summed E-state index contributed by atoms with van der Waals surface area (Å²) in [5.74, 6) is 1.33. The number of imidazole rings is 1. The van der Waals surface area contributed by atoms with Crippen LogP contribution in [0.4, 0.5) is 5.82 Å². The monoisotopic (exact) mass is 360 g/mol. The largest absolute Gasteiger partial charge is 0.467 e. The molecule has 2 N–H and O–H groups in total. The van der Waals surface area contributed by atoms with Crippen LogP contribution in [0.1, 0.15) is 18.6 Å². The number of halogens is 1. The lowest BCUT2D eigenvalue weighted by Gasteiger charge is -2.32. The smallest absolute Gasteiger partial charge is 0.226 e. The third-order valence-electron chi connectivity index (χ3n) is 4.35. The molecule has 0 spiro atoms. The molecule has 0 radical (unpaired) electrons. The predicted octanol–water partition coefficient (Wildman–Crippen LogP) is 2.13. The number of hydrogen-bond donors (Lipinski definition) is 2. The summed E-state index contributed by atoms with van der Waals surface area (Å²) >= 11 is 6.01. The molecule has 3 aromatic rings. The minimum Gasteiger partial charge on any atom is -0.467 e. The maximum atomic E-state index is 12.5. The van der Waals surface area contributed by atoms with Crippen molar-refractivity contribution in [3.05, 3.63) is 35.8 Å². The van der Waals surface area contributed by atoms with E-state index in [2.05, 4.69) is 30.2 Å². The number of piperidine rings is 1. The molecule has 1 amide bonds. The molecule has 4 rings (SSSR count). The molecule has 1 aliphatic rings. The molecule has 4 heterocycles. The number of aromatic nitrogens is 4. The highest BCUT2D eigenvalue weighted by atomic mass is 35.5. The number of rotatable bonds is 4. The number of hydrogen-bond acceptors (Lipinski definition) is 6. The number of anilines is 1. The molecule has 0 aromatic carbocycles. The minimum absolute atomic E-state index is 0.0158. The summed E-state index contributed by atoms with van der Waals surface area (Å²) in [5.41, 5.74) is 1.26. The van der Waals surface area contributed by atoms with Crippen LogP contribution >= 0.6 is 11.6 Å². The van der Waals surface area contributed by atoms with Gasteiger partial charge in [0.2, 0.25) is 11.2 Å². The van der Waals surface area contributed by atoms with Gasteiger partial charge in [-0.1, -0.05) is 0 Å². The van der Waals surface area contributed by atoms with Crippen LogP contribution in [0.5, 0.6) is 0 Å². The molecule has 3 aromatic heterocycles. The maximum absolute atomic E-state index is 12.5. The van der Waals surface area contributed by atoms with Crippen molar-refractivity contribution in [2.45, 2.75) is 19.4 Å². The highest BCUT2D eigenvalue weighted by molar-refractivity contribution is 6.28. The Labute approximate surface area is 148 Å². The Kier molecular flexibility index (Phi) is 4.27. The molecule has 9 heteroatoms. The first kappa shape index (κ1) is 15.9. The van der Waals surface area contributed by atoms with Gasteiger partial charge in [-0.3, -0.25) is 4.79 Å². The van der Waals surface area contributed by atoms with Crippen LogP contribution < -0.4 is 10.2 Å². The zero-order chi connectivity index (χ0) is 17.2. The minimum atomic E-state index is -0.115. The number of aromatic amines is 1. The molecule has 0 aliphatic carbocycles. The molecule has 1 aliphatic heterocycles. The Hall–Kier alpha value is -2.61. The van der Waals surface area contributed by atoms with E-state index in [9.17, 15) is 4.79 Å². The van der Waals surface area contributed by atoms with Crippen LogP contribution in [-0.2, 0) is 11.3 Å². The van der Waals surface area contributed by atoms with Crippen LogP contribution in [0, 0.1) is 5.92 Å². The SMILES string of the molecule is O=C(NCc1ccco1)C1CCCN(c2nc(Cl)nc3nc[nH]c23)C1. The highest BCUT2D eigenvalue weighted by Gasteiger charge is 2.28. The number of H-pyrrole nitrogens is 1. The van der Waals surface area contributed by atoms with Crippen molar-refractivity contribution in [2.24, 2.45) is 5.92 Å². The van der Waals surface area contributed by atoms with Gasteiger partial charge < -0.3 is 19.6 Å². The average Bonchev–Trinajstić information content (AvgIpc) is 3.30. The van der Waals surface area contributed by atoms with Crippen molar-refractivity contribution in [1.82, 2.24) is 25.3 Å². The maximum Gasteiger partial charge on any atom is 0.226 e. The quantitative estimate of drug-likeness (QED) is 0.691. The fourth-order valence-corrected chi connectivity index (χ4v) is 3.30.